The van der Waals surface area contributed by atoms with Crippen molar-refractivity contribution in [3.63, 3.8) is 0 Å². The average Bonchev–Trinajstić information content (AvgIpc) is 2.47. The zero-order valence-electron chi connectivity index (χ0n) is 12.8. The maximum absolute atomic E-state index is 12.5. The van der Waals surface area contributed by atoms with Crippen molar-refractivity contribution in [3.8, 4) is 0 Å². The van der Waals surface area contributed by atoms with Crippen LogP contribution in [-0.4, -0.2) is 55.5 Å². The number of rotatable bonds is 3. The molecular weight excluding hydrogens is 288 g/mol. The van der Waals surface area contributed by atoms with Gasteiger partial charge in [-0.2, -0.15) is 4.31 Å². The van der Waals surface area contributed by atoms with Gasteiger partial charge in [0.05, 0.1) is 5.75 Å². The van der Waals surface area contributed by atoms with Gasteiger partial charge in [-0.15, -0.1) is 0 Å². The van der Waals surface area contributed by atoms with E-state index in [1.807, 2.05) is 32.0 Å². The van der Waals surface area contributed by atoms with Crippen molar-refractivity contribution in [2.24, 2.45) is 0 Å². The number of piperazine rings is 1. The van der Waals surface area contributed by atoms with E-state index < -0.39 is 10.0 Å². The molecule has 0 saturated carbocycles. The first-order valence-corrected chi connectivity index (χ1v) is 8.80. The first kappa shape index (κ1) is 16.0. The standard InChI is InChI=1S/C15H22N2O3S/c1-4-21(19,20)17-9-7-16(8-10-17)15(18)14-6-5-12(2)11-13(14)3/h5-6,11H,4,7-10H2,1-3H3. The molecule has 2 rings (SSSR count). The molecule has 0 unspecified atom stereocenters. The highest BCUT2D eigenvalue weighted by molar-refractivity contribution is 7.89. The van der Waals surface area contributed by atoms with E-state index >= 15 is 0 Å². The molecule has 1 aromatic carbocycles. The predicted molar refractivity (Wildman–Crippen MR) is 82.9 cm³/mol. The smallest absolute Gasteiger partial charge is 0.254 e. The van der Waals surface area contributed by atoms with Gasteiger partial charge in [-0.25, -0.2) is 8.42 Å². The molecule has 1 saturated heterocycles. The topological polar surface area (TPSA) is 57.7 Å². The predicted octanol–water partition coefficient (Wildman–Crippen LogP) is 1.41. The van der Waals surface area contributed by atoms with Crippen molar-refractivity contribution in [1.82, 2.24) is 9.21 Å². The van der Waals surface area contributed by atoms with E-state index in [4.69, 9.17) is 0 Å². The van der Waals surface area contributed by atoms with Crippen LogP contribution < -0.4 is 0 Å². The van der Waals surface area contributed by atoms with Crippen LogP contribution in [0.2, 0.25) is 0 Å². The molecule has 0 aromatic heterocycles. The van der Waals surface area contributed by atoms with Crippen molar-refractivity contribution in [2.45, 2.75) is 20.8 Å². The van der Waals surface area contributed by atoms with E-state index in [1.54, 1.807) is 11.8 Å². The first-order chi connectivity index (χ1) is 9.85. The Labute approximate surface area is 126 Å². The molecule has 0 atom stereocenters. The van der Waals surface area contributed by atoms with Crippen LogP contribution in [0.25, 0.3) is 0 Å². The van der Waals surface area contributed by atoms with Gasteiger partial charge in [0, 0.05) is 31.7 Å². The average molecular weight is 310 g/mol. The van der Waals surface area contributed by atoms with Gasteiger partial charge in [0.15, 0.2) is 0 Å². The van der Waals surface area contributed by atoms with Gasteiger partial charge >= 0.3 is 0 Å². The highest BCUT2D eigenvalue weighted by Gasteiger charge is 2.28. The van der Waals surface area contributed by atoms with Crippen LogP contribution in [0.5, 0.6) is 0 Å². The van der Waals surface area contributed by atoms with Gasteiger partial charge in [-0.05, 0) is 32.4 Å². The van der Waals surface area contributed by atoms with Gasteiger partial charge in [0.1, 0.15) is 0 Å². The second-order valence-corrected chi connectivity index (χ2v) is 7.67. The summed E-state index contributed by atoms with van der Waals surface area (Å²) in [6, 6.07) is 5.77. The molecule has 1 amide bonds. The Bertz CT molecular complexity index is 632. The molecule has 1 aromatic rings. The molecule has 6 heteroatoms. The lowest BCUT2D eigenvalue weighted by Crippen LogP contribution is -2.51. The molecule has 21 heavy (non-hydrogen) atoms. The van der Waals surface area contributed by atoms with Crippen LogP contribution in [0.3, 0.4) is 0 Å². The number of carbonyl (C=O) groups excluding carboxylic acids is 1. The van der Waals surface area contributed by atoms with E-state index in [-0.39, 0.29) is 11.7 Å². The van der Waals surface area contributed by atoms with Crippen molar-refractivity contribution in [2.75, 3.05) is 31.9 Å². The van der Waals surface area contributed by atoms with Crippen molar-refractivity contribution in [1.29, 1.82) is 0 Å². The third kappa shape index (κ3) is 3.44. The van der Waals surface area contributed by atoms with E-state index in [9.17, 15) is 13.2 Å². The summed E-state index contributed by atoms with van der Waals surface area (Å²) in [6.45, 7) is 7.23. The maximum atomic E-state index is 12.5. The summed E-state index contributed by atoms with van der Waals surface area (Å²) in [6.07, 6.45) is 0. The number of nitrogens with zero attached hydrogens (tertiary/aromatic N) is 2. The molecule has 1 aliphatic rings. The number of hydrogen-bond donors (Lipinski definition) is 0. The zero-order valence-corrected chi connectivity index (χ0v) is 13.6. The number of amides is 1. The van der Waals surface area contributed by atoms with Crippen LogP contribution >= 0.6 is 0 Å². The summed E-state index contributed by atoms with van der Waals surface area (Å²) >= 11 is 0. The molecule has 0 spiro atoms. The maximum Gasteiger partial charge on any atom is 0.254 e. The lowest BCUT2D eigenvalue weighted by molar-refractivity contribution is 0.0697. The van der Waals surface area contributed by atoms with Crippen molar-refractivity contribution < 1.29 is 13.2 Å². The molecule has 0 aliphatic carbocycles. The van der Waals surface area contributed by atoms with Crippen molar-refractivity contribution in [3.05, 3.63) is 34.9 Å². The Balaban J connectivity index is 2.07. The molecule has 5 nitrogen and oxygen atoms in total. The minimum Gasteiger partial charge on any atom is -0.336 e. The minimum absolute atomic E-state index is 0.0129. The van der Waals surface area contributed by atoms with Crippen LogP contribution in [0.4, 0.5) is 0 Å². The molecule has 0 bridgehead atoms. The third-order valence-electron chi connectivity index (χ3n) is 3.90. The van der Waals surface area contributed by atoms with Gasteiger partial charge in [0.25, 0.3) is 5.91 Å². The second kappa shape index (κ2) is 6.15. The molecule has 1 fully saturated rings. The SMILES string of the molecule is CCS(=O)(=O)N1CCN(C(=O)c2ccc(C)cc2C)CC1. The molecule has 0 N–H and O–H groups in total. The fourth-order valence-corrected chi connectivity index (χ4v) is 3.66. The van der Waals surface area contributed by atoms with Gasteiger partial charge in [-0.3, -0.25) is 4.79 Å². The van der Waals surface area contributed by atoms with E-state index in [2.05, 4.69) is 0 Å². The molecule has 0 radical (unpaired) electrons. The Hall–Kier alpha value is -1.40. The lowest BCUT2D eigenvalue weighted by atomic mass is 10.0. The number of carbonyl (C=O) groups is 1. The largest absolute Gasteiger partial charge is 0.336 e. The summed E-state index contributed by atoms with van der Waals surface area (Å²) in [5.74, 6) is 0.0962. The summed E-state index contributed by atoms with van der Waals surface area (Å²) in [4.78, 5) is 14.3. The minimum atomic E-state index is -3.15. The molecule has 1 aliphatic heterocycles. The first-order valence-electron chi connectivity index (χ1n) is 7.19. The van der Waals surface area contributed by atoms with Crippen LogP contribution in [0.1, 0.15) is 28.4 Å². The third-order valence-corrected chi connectivity index (χ3v) is 5.78. The Morgan fingerprint density at radius 2 is 1.76 bits per heavy atom. The molecule has 1 heterocycles. The van der Waals surface area contributed by atoms with E-state index in [0.29, 0.717) is 31.7 Å². The highest BCUT2D eigenvalue weighted by Crippen LogP contribution is 2.16. The van der Waals surface area contributed by atoms with Crippen LogP contribution in [0.15, 0.2) is 18.2 Å². The van der Waals surface area contributed by atoms with E-state index in [0.717, 1.165) is 11.1 Å². The number of sulfonamides is 1. The fourth-order valence-electron chi connectivity index (χ4n) is 2.58. The zero-order chi connectivity index (χ0) is 15.6. The Kier molecular flexibility index (Phi) is 4.68. The Morgan fingerprint density at radius 3 is 2.29 bits per heavy atom. The summed E-state index contributed by atoms with van der Waals surface area (Å²) in [7, 11) is -3.15. The Morgan fingerprint density at radius 1 is 1.14 bits per heavy atom. The van der Waals surface area contributed by atoms with Gasteiger partial charge in [-0.1, -0.05) is 17.7 Å². The summed E-state index contributed by atoms with van der Waals surface area (Å²) < 4.78 is 25.1. The normalized spacial score (nSPS) is 17.0. The van der Waals surface area contributed by atoms with Crippen LogP contribution in [-0.2, 0) is 10.0 Å². The summed E-state index contributed by atoms with van der Waals surface area (Å²) in [5, 5.41) is 0. The van der Waals surface area contributed by atoms with Gasteiger partial charge in [0.2, 0.25) is 10.0 Å². The number of aryl methyl sites for hydroxylation is 2. The van der Waals surface area contributed by atoms with Crippen molar-refractivity contribution >= 4 is 15.9 Å². The highest BCUT2D eigenvalue weighted by atomic mass is 32.2. The molecular formula is C15H22N2O3S. The number of hydrogen-bond acceptors (Lipinski definition) is 3. The lowest BCUT2D eigenvalue weighted by Gasteiger charge is -2.34. The summed E-state index contributed by atoms with van der Waals surface area (Å²) in [5.41, 5.74) is 2.79. The van der Waals surface area contributed by atoms with Crippen LogP contribution in [0, 0.1) is 13.8 Å². The van der Waals surface area contributed by atoms with Gasteiger partial charge < -0.3 is 4.90 Å². The molecule has 116 valence electrons. The fraction of sp³-hybridized carbons (Fsp3) is 0.533. The number of benzene rings is 1. The monoisotopic (exact) mass is 310 g/mol. The van der Waals surface area contributed by atoms with E-state index in [1.165, 1.54) is 4.31 Å². The second-order valence-electron chi connectivity index (χ2n) is 5.41. The quantitative estimate of drug-likeness (QED) is 0.848.